The maximum Gasteiger partial charge on any atom is 0.129 e. The van der Waals surface area contributed by atoms with Gasteiger partial charge < -0.3 is 5.32 Å². The summed E-state index contributed by atoms with van der Waals surface area (Å²) in [6.07, 6.45) is 4.17. The van der Waals surface area contributed by atoms with Crippen LogP contribution in [-0.2, 0) is 0 Å². The van der Waals surface area contributed by atoms with Gasteiger partial charge >= 0.3 is 0 Å². The van der Waals surface area contributed by atoms with E-state index in [0.717, 1.165) is 11.0 Å². The van der Waals surface area contributed by atoms with Gasteiger partial charge in [-0.1, -0.05) is 11.6 Å². The van der Waals surface area contributed by atoms with Crippen LogP contribution in [0, 0.1) is 0 Å². The van der Waals surface area contributed by atoms with Crippen molar-refractivity contribution in [3.63, 3.8) is 0 Å². The van der Waals surface area contributed by atoms with Crippen LogP contribution in [-0.4, -0.2) is 11.5 Å². The molecule has 13 heavy (non-hydrogen) atoms. The highest BCUT2D eigenvalue weighted by molar-refractivity contribution is 9.10. The monoisotopic (exact) mass is 260 g/mol. The fourth-order valence-corrected chi connectivity index (χ4v) is 2.30. The Bertz CT molecular complexity index is 310. The van der Waals surface area contributed by atoms with Crippen molar-refractivity contribution < 1.29 is 0 Å². The predicted molar refractivity (Wildman–Crippen MR) is 56.9 cm³/mol. The lowest BCUT2D eigenvalue weighted by Gasteiger charge is -2.12. The molecular weight excluding hydrogens is 251 g/mol. The van der Waals surface area contributed by atoms with Gasteiger partial charge in [-0.25, -0.2) is 4.98 Å². The van der Waals surface area contributed by atoms with Gasteiger partial charge in [0.05, 0.1) is 0 Å². The minimum Gasteiger partial charge on any atom is -0.310 e. The molecule has 1 N–H and O–H groups in total. The van der Waals surface area contributed by atoms with E-state index in [-0.39, 0.29) is 0 Å². The molecule has 1 saturated heterocycles. The van der Waals surface area contributed by atoms with Gasteiger partial charge in [0.25, 0.3) is 0 Å². The van der Waals surface area contributed by atoms with Crippen molar-refractivity contribution >= 4 is 27.5 Å². The first-order valence-corrected chi connectivity index (χ1v) is 5.49. The molecular formula is C9H10BrClN2. The summed E-state index contributed by atoms with van der Waals surface area (Å²) in [7, 11) is 0. The molecule has 0 bridgehead atoms. The molecule has 1 atom stereocenters. The summed E-state index contributed by atoms with van der Waals surface area (Å²) in [5, 5.41) is 3.99. The molecule has 1 aliphatic heterocycles. The standard InChI is InChI=1S/C9H10BrClN2/c10-7-5-13-9(11)4-6(7)8-2-1-3-12-8/h4-5,8,12H,1-3H2. The molecule has 0 amide bonds. The van der Waals surface area contributed by atoms with E-state index in [1.54, 1.807) is 6.20 Å². The molecule has 1 aliphatic rings. The van der Waals surface area contributed by atoms with Gasteiger partial charge in [-0.2, -0.15) is 0 Å². The average Bonchev–Trinajstić information content (AvgIpc) is 2.61. The molecule has 0 spiro atoms. The molecule has 2 heterocycles. The Hall–Kier alpha value is -0.120. The Balaban J connectivity index is 2.32. The number of hydrogen-bond donors (Lipinski definition) is 1. The maximum absolute atomic E-state index is 5.84. The third-order valence-electron chi connectivity index (χ3n) is 2.29. The SMILES string of the molecule is Clc1cc(C2CCCN2)c(Br)cn1. The van der Waals surface area contributed by atoms with Gasteiger partial charge in [0.1, 0.15) is 5.15 Å². The van der Waals surface area contributed by atoms with E-state index < -0.39 is 0 Å². The predicted octanol–water partition coefficient (Wildman–Crippen LogP) is 2.92. The zero-order valence-corrected chi connectivity index (χ0v) is 9.40. The molecule has 2 nitrogen and oxygen atoms in total. The molecule has 1 aromatic rings. The molecule has 1 unspecified atom stereocenters. The quantitative estimate of drug-likeness (QED) is 0.786. The van der Waals surface area contributed by atoms with Crippen molar-refractivity contribution in [2.24, 2.45) is 0 Å². The van der Waals surface area contributed by atoms with E-state index in [1.165, 1.54) is 18.4 Å². The van der Waals surface area contributed by atoms with Gasteiger partial charge in [-0.15, -0.1) is 0 Å². The second-order valence-corrected chi connectivity index (χ2v) is 4.42. The average molecular weight is 262 g/mol. The zero-order valence-electron chi connectivity index (χ0n) is 7.06. The van der Waals surface area contributed by atoms with Crippen molar-refractivity contribution in [1.82, 2.24) is 10.3 Å². The first-order valence-electron chi connectivity index (χ1n) is 4.31. The molecule has 0 aliphatic carbocycles. The van der Waals surface area contributed by atoms with Crippen molar-refractivity contribution in [2.45, 2.75) is 18.9 Å². The number of pyridine rings is 1. The topological polar surface area (TPSA) is 24.9 Å². The summed E-state index contributed by atoms with van der Waals surface area (Å²) >= 11 is 9.31. The van der Waals surface area contributed by atoms with Gasteiger partial charge in [0.15, 0.2) is 0 Å². The van der Waals surface area contributed by atoms with E-state index in [4.69, 9.17) is 11.6 Å². The number of nitrogens with zero attached hydrogens (tertiary/aromatic N) is 1. The lowest BCUT2D eigenvalue weighted by Crippen LogP contribution is -2.13. The van der Waals surface area contributed by atoms with Crippen molar-refractivity contribution in [2.75, 3.05) is 6.54 Å². The van der Waals surface area contributed by atoms with E-state index in [9.17, 15) is 0 Å². The van der Waals surface area contributed by atoms with Gasteiger partial charge in [0.2, 0.25) is 0 Å². The summed E-state index contributed by atoms with van der Waals surface area (Å²) in [5.74, 6) is 0. The Morgan fingerprint density at radius 2 is 2.46 bits per heavy atom. The molecule has 0 aromatic carbocycles. The lowest BCUT2D eigenvalue weighted by molar-refractivity contribution is 0.644. The van der Waals surface area contributed by atoms with Crippen molar-refractivity contribution in [3.05, 3.63) is 27.5 Å². The fourth-order valence-electron chi connectivity index (χ4n) is 1.64. The number of halogens is 2. The van der Waals surface area contributed by atoms with Crippen molar-refractivity contribution in [3.8, 4) is 0 Å². The van der Waals surface area contributed by atoms with Crippen LogP contribution in [0.15, 0.2) is 16.7 Å². The van der Waals surface area contributed by atoms with Gasteiger partial charge in [0, 0.05) is 16.7 Å². The summed E-state index contributed by atoms with van der Waals surface area (Å²) in [5.41, 5.74) is 1.22. The molecule has 2 rings (SSSR count). The second-order valence-electron chi connectivity index (χ2n) is 3.18. The molecule has 1 fully saturated rings. The van der Waals surface area contributed by atoms with E-state index >= 15 is 0 Å². The second kappa shape index (κ2) is 3.95. The van der Waals surface area contributed by atoms with Crippen LogP contribution in [0.4, 0.5) is 0 Å². The molecule has 70 valence electrons. The van der Waals surface area contributed by atoms with Crippen molar-refractivity contribution in [1.29, 1.82) is 0 Å². The van der Waals surface area contributed by atoms with Crippen LogP contribution in [0.25, 0.3) is 0 Å². The van der Waals surface area contributed by atoms with Crippen LogP contribution in [0.5, 0.6) is 0 Å². The van der Waals surface area contributed by atoms with Crippen LogP contribution in [0.3, 0.4) is 0 Å². The highest BCUT2D eigenvalue weighted by Crippen LogP contribution is 2.30. The summed E-state index contributed by atoms with van der Waals surface area (Å²) < 4.78 is 1.04. The van der Waals surface area contributed by atoms with Gasteiger partial charge in [-0.3, -0.25) is 0 Å². The Kier molecular flexibility index (Phi) is 2.86. The zero-order chi connectivity index (χ0) is 9.26. The summed E-state index contributed by atoms with van der Waals surface area (Å²) in [4.78, 5) is 4.00. The summed E-state index contributed by atoms with van der Waals surface area (Å²) in [6, 6.07) is 2.36. The Morgan fingerprint density at radius 1 is 1.62 bits per heavy atom. The van der Waals surface area contributed by atoms with E-state index in [1.807, 2.05) is 6.07 Å². The Morgan fingerprint density at radius 3 is 3.15 bits per heavy atom. The Labute approximate surface area is 90.8 Å². The number of hydrogen-bond acceptors (Lipinski definition) is 2. The third kappa shape index (κ3) is 2.03. The van der Waals surface area contributed by atoms with Crippen LogP contribution in [0.2, 0.25) is 5.15 Å². The molecule has 4 heteroatoms. The number of rotatable bonds is 1. The highest BCUT2D eigenvalue weighted by Gasteiger charge is 2.18. The van der Waals surface area contributed by atoms with Crippen LogP contribution >= 0.6 is 27.5 Å². The molecule has 1 aromatic heterocycles. The normalized spacial score (nSPS) is 22.2. The van der Waals surface area contributed by atoms with E-state index in [0.29, 0.717) is 11.2 Å². The van der Waals surface area contributed by atoms with E-state index in [2.05, 4.69) is 26.2 Å². The van der Waals surface area contributed by atoms with Crippen LogP contribution < -0.4 is 5.32 Å². The maximum atomic E-state index is 5.84. The minimum absolute atomic E-state index is 0.440. The first kappa shape index (κ1) is 9.44. The third-order valence-corrected chi connectivity index (χ3v) is 3.16. The largest absolute Gasteiger partial charge is 0.310 e. The fraction of sp³-hybridized carbons (Fsp3) is 0.444. The summed E-state index contributed by atoms with van der Waals surface area (Å²) in [6.45, 7) is 1.09. The number of aromatic nitrogens is 1. The van der Waals surface area contributed by atoms with Gasteiger partial charge in [-0.05, 0) is 46.9 Å². The molecule has 0 radical (unpaired) electrons. The number of nitrogens with one attached hydrogen (secondary N) is 1. The highest BCUT2D eigenvalue weighted by atomic mass is 79.9. The molecule has 0 saturated carbocycles. The lowest BCUT2D eigenvalue weighted by atomic mass is 10.1. The smallest absolute Gasteiger partial charge is 0.129 e. The van der Waals surface area contributed by atoms with Crippen LogP contribution in [0.1, 0.15) is 24.4 Å². The first-order chi connectivity index (χ1) is 6.27. The minimum atomic E-state index is 0.440.